The van der Waals surface area contributed by atoms with Gasteiger partial charge in [0.05, 0.1) is 28.4 Å². The predicted octanol–water partition coefficient (Wildman–Crippen LogP) is 13.4. The van der Waals surface area contributed by atoms with Crippen LogP contribution in [0.5, 0.6) is 23.0 Å². The quantitative estimate of drug-likeness (QED) is 0.208. The highest BCUT2D eigenvalue weighted by atomic mass is 16.5. The minimum absolute atomic E-state index is 1.04. The fraction of sp³-hybridized carbons (Fsp3) is 0.538. The number of ether oxygens (including phenoxy) is 4. The maximum Gasteiger partial charge on any atom is 0.122 e. The van der Waals surface area contributed by atoms with Crippen LogP contribution in [0.15, 0.2) is 72.8 Å². The Morgan fingerprint density at radius 2 is 0.446 bits per heavy atom. The van der Waals surface area contributed by atoms with Crippen LogP contribution in [-0.2, 0) is 51.4 Å². The van der Waals surface area contributed by atoms with E-state index in [1.807, 2.05) is 28.4 Å². The first-order valence-electron chi connectivity index (χ1n) is 22.2. The van der Waals surface area contributed by atoms with Gasteiger partial charge in [-0.25, -0.2) is 0 Å². The first-order valence-corrected chi connectivity index (χ1v) is 22.2. The molecule has 1 aliphatic rings. The van der Waals surface area contributed by atoms with E-state index in [0.717, 1.165) is 74.4 Å². The normalized spacial score (nSPS) is 16.6. The molecular weight excluding hydrogens is 689 g/mol. The molecule has 0 aliphatic heterocycles. The van der Waals surface area contributed by atoms with Crippen molar-refractivity contribution >= 4 is 0 Å². The van der Waals surface area contributed by atoms with Crippen molar-refractivity contribution in [1.29, 1.82) is 0 Å². The van der Waals surface area contributed by atoms with Crippen LogP contribution in [0.2, 0.25) is 0 Å². The van der Waals surface area contributed by atoms with Crippen molar-refractivity contribution < 1.29 is 18.9 Å². The summed E-state index contributed by atoms with van der Waals surface area (Å²) in [5.74, 6) is 4.16. The third-order valence-corrected chi connectivity index (χ3v) is 12.0. The van der Waals surface area contributed by atoms with E-state index in [-0.39, 0.29) is 0 Å². The van der Waals surface area contributed by atoms with Gasteiger partial charge in [-0.15, -0.1) is 0 Å². The Hall–Kier alpha value is -3.92. The Morgan fingerprint density at radius 1 is 0.250 bits per heavy atom. The van der Waals surface area contributed by atoms with Gasteiger partial charge in [0.25, 0.3) is 0 Å². The average molecular weight is 761 g/mol. The number of rotatable bonds is 4. The van der Waals surface area contributed by atoms with Crippen molar-refractivity contribution in [1.82, 2.24) is 0 Å². The van der Waals surface area contributed by atoms with Crippen molar-refractivity contribution in [3.05, 3.63) is 117 Å². The Labute approximate surface area is 340 Å². The lowest BCUT2D eigenvalue weighted by Crippen LogP contribution is -1.98. The highest BCUT2D eigenvalue weighted by molar-refractivity contribution is 5.40. The Morgan fingerprint density at radius 3 is 0.643 bits per heavy atom. The monoisotopic (exact) mass is 761 g/mol. The first-order chi connectivity index (χ1) is 27.6. The van der Waals surface area contributed by atoms with Crippen LogP contribution >= 0.6 is 0 Å². The molecule has 0 amide bonds. The maximum absolute atomic E-state index is 5.78. The second-order valence-electron chi connectivity index (χ2n) is 16.2. The minimum Gasteiger partial charge on any atom is -0.496 e. The fourth-order valence-electron chi connectivity index (χ4n) is 8.72. The molecule has 304 valence electrons. The number of benzene rings is 4. The van der Waals surface area contributed by atoms with E-state index in [9.17, 15) is 0 Å². The molecule has 0 radical (unpaired) electrons. The summed E-state index contributed by atoms with van der Waals surface area (Å²) in [5, 5.41) is 0. The van der Waals surface area contributed by atoms with Crippen LogP contribution in [0.4, 0.5) is 0 Å². The molecule has 0 spiro atoms. The molecule has 0 heterocycles. The Balaban J connectivity index is 1.18. The van der Waals surface area contributed by atoms with Gasteiger partial charge in [-0.05, 0) is 172 Å². The van der Waals surface area contributed by atoms with Crippen molar-refractivity contribution in [3.63, 3.8) is 0 Å². The smallest absolute Gasteiger partial charge is 0.122 e. The molecule has 0 saturated heterocycles. The van der Waals surface area contributed by atoms with E-state index >= 15 is 0 Å². The molecule has 0 saturated carbocycles. The Kier molecular flexibility index (Phi) is 19.0. The lowest BCUT2D eigenvalue weighted by atomic mass is 9.96. The zero-order valence-electron chi connectivity index (χ0n) is 35.5. The van der Waals surface area contributed by atoms with E-state index in [1.54, 1.807) is 0 Å². The van der Waals surface area contributed by atoms with Gasteiger partial charge in [0.15, 0.2) is 0 Å². The third kappa shape index (κ3) is 14.2. The van der Waals surface area contributed by atoms with Crippen molar-refractivity contribution in [2.24, 2.45) is 0 Å². The summed E-state index contributed by atoms with van der Waals surface area (Å²) < 4.78 is 23.1. The summed E-state index contributed by atoms with van der Waals surface area (Å²) in [7, 11) is 7.24. The molecule has 56 heavy (non-hydrogen) atoms. The fourth-order valence-corrected chi connectivity index (χ4v) is 8.72. The first kappa shape index (κ1) is 43.2. The zero-order valence-corrected chi connectivity index (χ0v) is 35.5. The van der Waals surface area contributed by atoms with E-state index in [1.165, 1.54) is 147 Å². The molecule has 0 fully saturated rings. The molecule has 0 atom stereocenters. The summed E-state index contributed by atoms with van der Waals surface area (Å²) in [6.45, 7) is 0. The van der Waals surface area contributed by atoms with E-state index < -0.39 is 0 Å². The largest absolute Gasteiger partial charge is 0.496 e. The number of hydrogen-bond acceptors (Lipinski definition) is 4. The lowest BCUT2D eigenvalue weighted by Gasteiger charge is -2.13. The number of methoxy groups -OCH3 is 4. The van der Waals surface area contributed by atoms with Gasteiger partial charge in [-0.1, -0.05) is 99.9 Å². The number of fused-ring (bicyclic) bond motifs is 8. The minimum atomic E-state index is 1.04. The van der Waals surface area contributed by atoms with E-state index in [0.29, 0.717) is 0 Å². The van der Waals surface area contributed by atoms with Crippen LogP contribution in [-0.4, -0.2) is 28.4 Å². The van der Waals surface area contributed by atoms with Gasteiger partial charge in [0, 0.05) is 0 Å². The van der Waals surface area contributed by atoms with Crippen LogP contribution in [0.1, 0.15) is 147 Å². The molecule has 8 bridgehead atoms. The van der Waals surface area contributed by atoms with Gasteiger partial charge in [-0.2, -0.15) is 0 Å². The van der Waals surface area contributed by atoms with Gasteiger partial charge in [0.1, 0.15) is 23.0 Å². The van der Waals surface area contributed by atoms with Crippen LogP contribution in [0.25, 0.3) is 0 Å². The SMILES string of the molecule is COc1ccc2cc1CCCCCCc1cc(ccc1OC)CCCCCCc1ccc(OC)c(c1)CCCCCCc1cc(ccc1OC)CCCCCC2. The average Bonchev–Trinajstić information content (AvgIpc) is 3.22. The van der Waals surface area contributed by atoms with Crippen molar-refractivity contribution in [3.8, 4) is 23.0 Å². The summed E-state index contributed by atoms with van der Waals surface area (Å²) in [5.41, 5.74) is 11.3. The van der Waals surface area contributed by atoms with E-state index in [2.05, 4.69) is 72.8 Å². The van der Waals surface area contributed by atoms with Gasteiger partial charge in [-0.3, -0.25) is 0 Å². The number of hydrogen-bond donors (Lipinski definition) is 0. The van der Waals surface area contributed by atoms with Crippen molar-refractivity contribution in [2.75, 3.05) is 28.4 Å². The van der Waals surface area contributed by atoms with Crippen LogP contribution in [0, 0.1) is 0 Å². The molecule has 0 aromatic heterocycles. The highest BCUT2D eigenvalue weighted by Crippen LogP contribution is 2.28. The molecule has 4 heteroatoms. The summed E-state index contributed by atoms with van der Waals surface area (Å²) in [4.78, 5) is 0. The molecule has 5 rings (SSSR count). The van der Waals surface area contributed by atoms with Crippen LogP contribution in [0.3, 0.4) is 0 Å². The second kappa shape index (κ2) is 24.7. The molecule has 1 aliphatic carbocycles. The van der Waals surface area contributed by atoms with Gasteiger partial charge < -0.3 is 18.9 Å². The second-order valence-corrected chi connectivity index (χ2v) is 16.2. The topological polar surface area (TPSA) is 36.9 Å². The molecule has 4 aromatic carbocycles. The zero-order chi connectivity index (χ0) is 39.2. The maximum atomic E-state index is 5.78. The predicted molar refractivity (Wildman–Crippen MR) is 235 cm³/mol. The standard InChI is InChI=1S/C52H72O4/c1-53-49-33-29-41-21-13-5-6-14-22-42-31-35-51(55-3)47(39-42)27-19-11-12-20-28-48-40-44(32-36-52(48)56-4)24-16-8-7-15-23-43-30-34-50(54-2)46(38-43)26-18-10-9-17-25-45(49)37-41/h29-40H,5-28H2,1-4H3. The van der Waals surface area contributed by atoms with Gasteiger partial charge in [0.2, 0.25) is 0 Å². The highest BCUT2D eigenvalue weighted by Gasteiger charge is 2.10. The summed E-state index contributed by atoms with van der Waals surface area (Å²) in [6, 6.07) is 27.5. The molecular formula is C52H72O4. The molecule has 0 N–H and O–H groups in total. The summed E-state index contributed by atoms with van der Waals surface area (Å²) in [6.07, 6.45) is 28.7. The molecule has 0 unspecified atom stereocenters. The molecule has 4 nitrogen and oxygen atoms in total. The number of aryl methyl sites for hydroxylation is 8. The van der Waals surface area contributed by atoms with Crippen molar-refractivity contribution in [2.45, 2.75) is 154 Å². The third-order valence-electron chi connectivity index (χ3n) is 12.0. The van der Waals surface area contributed by atoms with Gasteiger partial charge >= 0.3 is 0 Å². The van der Waals surface area contributed by atoms with E-state index in [4.69, 9.17) is 18.9 Å². The summed E-state index contributed by atoms with van der Waals surface area (Å²) >= 11 is 0. The lowest BCUT2D eigenvalue weighted by molar-refractivity contribution is 0.407. The van der Waals surface area contributed by atoms with Crippen LogP contribution < -0.4 is 18.9 Å². The Bertz CT molecular complexity index is 1470. The molecule has 4 aromatic rings.